The molecule has 0 unspecified atom stereocenters. The van der Waals surface area contributed by atoms with Gasteiger partial charge in [0.1, 0.15) is 0 Å². The molecule has 0 atom stereocenters. The van der Waals surface area contributed by atoms with Crippen LogP contribution in [0.25, 0.3) is 0 Å². The molecule has 1 amide bonds. The van der Waals surface area contributed by atoms with Crippen molar-refractivity contribution in [2.45, 2.75) is 31.0 Å². The van der Waals surface area contributed by atoms with Crippen molar-refractivity contribution in [2.24, 2.45) is 0 Å². The average molecular weight is 398 g/mol. The Morgan fingerprint density at radius 1 is 1.04 bits per heavy atom. The number of hydrogen-bond acceptors (Lipinski definition) is 2. The molecule has 1 saturated heterocycles. The van der Waals surface area contributed by atoms with Gasteiger partial charge in [-0.1, -0.05) is 35.9 Å². The molecular formula is C20H19ClF3NO2. The van der Waals surface area contributed by atoms with E-state index in [1.54, 1.807) is 12.1 Å². The normalized spacial score (nSPS) is 16.7. The topological polar surface area (TPSA) is 38.3 Å². The smallest absolute Gasteiger partial charge is 0.381 e. The van der Waals surface area contributed by atoms with Gasteiger partial charge >= 0.3 is 6.18 Å². The van der Waals surface area contributed by atoms with E-state index in [0.29, 0.717) is 36.6 Å². The fourth-order valence-corrected chi connectivity index (χ4v) is 3.42. The van der Waals surface area contributed by atoms with Gasteiger partial charge in [0.05, 0.1) is 11.0 Å². The number of alkyl halides is 3. The molecule has 1 aliphatic rings. The van der Waals surface area contributed by atoms with Crippen LogP contribution in [0.5, 0.6) is 0 Å². The molecule has 3 rings (SSSR count). The van der Waals surface area contributed by atoms with Gasteiger partial charge in [-0.05, 0) is 48.2 Å². The average Bonchev–Trinajstić information content (AvgIpc) is 2.67. The number of nitrogens with one attached hydrogen (secondary N) is 1. The lowest BCUT2D eigenvalue weighted by Crippen LogP contribution is -2.47. The minimum absolute atomic E-state index is 0.159. The Kier molecular flexibility index (Phi) is 5.77. The van der Waals surface area contributed by atoms with Gasteiger partial charge in [0, 0.05) is 24.8 Å². The lowest BCUT2D eigenvalue weighted by Gasteiger charge is -2.36. The third-order valence-electron chi connectivity index (χ3n) is 4.91. The van der Waals surface area contributed by atoms with Crippen LogP contribution >= 0.6 is 11.6 Å². The number of amides is 1. The first kappa shape index (κ1) is 19.7. The van der Waals surface area contributed by atoms with Crippen molar-refractivity contribution in [1.29, 1.82) is 0 Å². The first-order valence-corrected chi connectivity index (χ1v) is 8.97. The zero-order chi connectivity index (χ0) is 19.5. The molecule has 144 valence electrons. The summed E-state index contributed by atoms with van der Waals surface area (Å²) in [5, 5.41) is 3.46. The van der Waals surface area contributed by atoms with Gasteiger partial charge in [-0.2, -0.15) is 13.2 Å². The van der Waals surface area contributed by atoms with Gasteiger partial charge in [-0.15, -0.1) is 0 Å². The molecule has 7 heteroatoms. The molecule has 0 aliphatic carbocycles. The van der Waals surface area contributed by atoms with Crippen LogP contribution < -0.4 is 5.32 Å². The van der Waals surface area contributed by atoms with Gasteiger partial charge < -0.3 is 10.1 Å². The largest absolute Gasteiger partial charge is 0.416 e. The molecule has 2 aromatic rings. The summed E-state index contributed by atoms with van der Waals surface area (Å²) in [7, 11) is 0. The van der Waals surface area contributed by atoms with Crippen molar-refractivity contribution in [2.75, 3.05) is 13.2 Å². The van der Waals surface area contributed by atoms with Crippen molar-refractivity contribution >= 4 is 17.5 Å². The molecule has 1 aliphatic heterocycles. The highest BCUT2D eigenvalue weighted by Crippen LogP contribution is 2.36. The van der Waals surface area contributed by atoms with E-state index >= 15 is 0 Å². The van der Waals surface area contributed by atoms with E-state index in [1.165, 1.54) is 12.1 Å². The predicted molar refractivity (Wildman–Crippen MR) is 96.5 cm³/mol. The molecule has 0 saturated carbocycles. The number of hydrogen-bond donors (Lipinski definition) is 1. The summed E-state index contributed by atoms with van der Waals surface area (Å²) in [6, 6.07) is 12.0. The zero-order valence-electron chi connectivity index (χ0n) is 14.5. The molecule has 27 heavy (non-hydrogen) atoms. The standard InChI is InChI=1S/C20H19ClF3NO2/c21-17-7-5-15(6-8-17)19(9-11-27-12-10-19)18(26)25-13-14-1-3-16(4-2-14)20(22,23)24/h1-8H,9-13H2,(H,25,26). The maximum atomic E-state index is 13.0. The number of carbonyl (C=O) groups excluding carboxylic acids is 1. The molecule has 0 spiro atoms. The van der Waals surface area contributed by atoms with E-state index in [2.05, 4.69) is 5.32 Å². The number of benzene rings is 2. The van der Waals surface area contributed by atoms with E-state index in [4.69, 9.17) is 16.3 Å². The van der Waals surface area contributed by atoms with Crippen LogP contribution in [0.2, 0.25) is 5.02 Å². The zero-order valence-corrected chi connectivity index (χ0v) is 15.2. The highest BCUT2D eigenvalue weighted by atomic mass is 35.5. The summed E-state index contributed by atoms with van der Waals surface area (Å²) in [5.74, 6) is -0.159. The summed E-state index contributed by atoms with van der Waals surface area (Å²) in [6.07, 6.45) is -3.30. The summed E-state index contributed by atoms with van der Waals surface area (Å²) >= 11 is 5.96. The quantitative estimate of drug-likeness (QED) is 0.810. The molecule has 1 fully saturated rings. The van der Waals surface area contributed by atoms with Crippen LogP contribution in [-0.4, -0.2) is 19.1 Å². The van der Waals surface area contributed by atoms with Crippen LogP contribution in [0, 0.1) is 0 Å². The predicted octanol–water partition coefficient (Wildman–Crippen LogP) is 4.72. The van der Waals surface area contributed by atoms with Gasteiger partial charge in [0.25, 0.3) is 0 Å². The van der Waals surface area contributed by atoms with Crippen LogP contribution in [0.15, 0.2) is 48.5 Å². The fourth-order valence-electron chi connectivity index (χ4n) is 3.30. The van der Waals surface area contributed by atoms with Gasteiger partial charge in [0.2, 0.25) is 5.91 Å². The fraction of sp³-hybridized carbons (Fsp3) is 0.350. The van der Waals surface area contributed by atoms with Gasteiger partial charge in [0.15, 0.2) is 0 Å². The minimum Gasteiger partial charge on any atom is -0.381 e. The van der Waals surface area contributed by atoms with Crippen LogP contribution in [0.4, 0.5) is 13.2 Å². The first-order valence-electron chi connectivity index (χ1n) is 8.59. The Morgan fingerprint density at radius 3 is 2.19 bits per heavy atom. The van der Waals surface area contributed by atoms with Gasteiger partial charge in [-0.3, -0.25) is 4.79 Å². The Hall–Kier alpha value is -2.05. The maximum absolute atomic E-state index is 13.0. The Labute approximate surface area is 160 Å². The summed E-state index contributed by atoms with van der Waals surface area (Å²) in [4.78, 5) is 13.0. The molecule has 0 bridgehead atoms. The molecule has 1 heterocycles. The minimum atomic E-state index is -4.37. The van der Waals surface area contributed by atoms with Crippen LogP contribution in [-0.2, 0) is 27.7 Å². The van der Waals surface area contributed by atoms with Crippen LogP contribution in [0.3, 0.4) is 0 Å². The van der Waals surface area contributed by atoms with Crippen molar-refractivity contribution in [3.05, 3.63) is 70.2 Å². The number of halogens is 4. The first-order chi connectivity index (χ1) is 12.8. The lowest BCUT2D eigenvalue weighted by atomic mass is 9.73. The second kappa shape index (κ2) is 7.90. The van der Waals surface area contributed by atoms with Gasteiger partial charge in [-0.25, -0.2) is 0 Å². The maximum Gasteiger partial charge on any atom is 0.416 e. The molecular weight excluding hydrogens is 379 g/mol. The third-order valence-corrected chi connectivity index (χ3v) is 5.16. The van der Waals surface area contributed by atoms with E-state index in [0.717, 1.165) is 17.7 Å². The van der Waals surface area contributed by atoms with Crippen molar-refractivity contribution in [1.82, 2.24) is 5.32 Å². The highest BCUT2D eigenvalue weighted by molar-refractivity contribution is 6.30. The van der Waals surface area contributed by atoms with Crippen molar-refractivity contribution < 1.29 is 22.7 Å². The molecule has 3 nitrogen and oxygen atoms in total. The molecule has 0 aromatic heterocycles. The van der Waals surface area contributed by atoms with E-state index < -0.39 is 17.2 Å². The number of rotatable bonds is 4. The second-order valence-electron chi connectivity index (χ2n) is 6.58. The number of carbonyl (C=O) groups is 1. The summed E-state index contributed by atoms with van der Waals surface area (Å²) < 4.78 is 43.4. The second-order valence-corrected chi connectivity index (χ2v) is 7.02. The Bertz CT molecular complexity index is 782. The highest BCUT2D eigenvalue weighted by Gasteiger charge is 2.41. The molecule has 0 radical (unpaired) electrons. The van der Waals surface area contributed by atoms with E-state index in [9.17, 15) is 18.0 Å². The summed E-state index contributed by atoms with van der Waals surface area (Å²) in [6.45, 7) is 1.10. The Morgan fingerprint density at radius 2 is 1.63 bits per heavy atom. The van der Waals surface area contributed by atoms with Crippen LogP contribution in [0.1, 0.15) is 29.5 Å². The summed E-state index contributed by atoms with van der Waals surface area (Å²) in [5.41, 5.74) is 0.0313. The van der Waals surface area contributed by atoms with E-state index in [-0.39, 0.29) is 12.5 Å². The van der Waals surface area contributed by atoms with E-state index in [1.807, 2.05) is 12.1 Å². The van der Waals surface area contributed by atoms with Crippen molar-refractivity contribution in [3.63, 3.8) is 0 Å². The lowest BCUT2D eigenvalue weighted by molar-refractivity contribution is -0.137. The molecule has 2 aromatic carbocycles. The SMILES string of the molecule is O=C(NCc1ccc(C(F)(F)F)cc1)C1(c2ccc(Cl)cc2)CCOCC1. The Balaban J connectivity index is 1.74. The number of ether oxygens (including phenoxy) is 1. The van der Waals surface area contributed by atoms with Crippen molar-refractivity contribution in [3.8, 4) is 0 Å². The molecule has 1 N–H and O–H groups in total. The third kappa shape index (κ3) is 4.45. The monoisotopic (exact) mass is 397 g/mol.